The second-order valence-corrected chi connectivity index (χ2v) is 3.20. The number of halogens is 1. The Balaban J connectivity index is 0.00000144. The Morgan fingerprint density at radius 2 is 2.18 bits per heavy atom. The van der Waals surface area contributed by atoms with Crippen LogP contribution in [0.2, 0.25) is 0 Å². The number of aromatic amines is 1. The second kappa shape index (κ2) is 5.27. The number of nitrogens with zero attached hydrogens (tertiary/aromatic N) is 1. The van der Waals surface area contributed by atoms with E-state index in [1.165, 1.54) is 18.3 Å². The number of carboxylic acids is 1. The van der Waals surface area contributed by atoms with Crippen molar-refractivity contribution in [2.45, 2.75) is 0 Å². The number of aromatic nitrogens is 2. The molecule has 0 spiro atoms. The highest BCUT2D eigenvalue weighted by Crippen LogP contribution is 2.10. The number of aliphatic carboxylic acids is 1. The maximum Gasteiger partial charge on any atom is 0.328 e. The van der Waals surface area contributed by atoms with E-state index in [2.05, 4.69) is 9.97 Å². The zero-order valence-electron chi connectivity index (χ0n) is 8.58. The average Bonchev–Trinajstić information content (AvgIpc) is 2.26. The molecule has 0 saturated heterocycles. The quantitative estimate of drug-likeness (QED) is 0.793. The molecule has 0 fully saturated rings. The van der Waals surface area contributed by atoms with Crippen LogP contribution in [0.4, 0.5) is 0 Å². The summed E-state index contributed by atoms with van der Waals surface area (Å²) in [7, 11) is 0. The van der Waals surface area contributed by atoms with E-state index in [1.54, 1.807) is 12.1 Å². The van der Waals surface area contributed by atoms with E-state index in [1.807, 2.05) is 0 Å². The molecule has 2 heterocycles. The van der Waals surface area contributed by atoms with Gasteiger partial charge in [0.25, 0.3) is 0 Å². The predicted octanol–water partition coefficient (Wildman–Crippen LogP) is 1.44. The third-order valence-corrected chi connectivity index (χ3v) is 2.01. The summed E-state index contributed by atoms with van der Waals surface area (Å²) in [5.74, 6) is -1.01. The fraction of sp³-hybridized carbons (Fsp3) is 0. The largest absolute Gasteiger partial charge is 0.478 e. The fourth-order valence-electron chi connectivity index (χ4n) is 1.31. The van der Waals surface area contributed by atoms with Crippen molar-refractivity contribution < 1.29 is 9.90 Å². The van der Waals surface area contributed by atoms with Gasteiger partial charge in [0.15, 0.2) is 0 Å². The summed E-state index contributed by atoms with van der Waals surface area (Å²) in [5, 5.41) is 9.23. The number of hydrogen-bond acceptors (Lipinski definition) is 3. The number of carboxylic acid groups (broad SMARTS) is 1. The summed E-state index contributed by atoms with van der Waals surface area (Å²) in [6.45, 7) is 0. The number of H-pyrrole nitrogens is 1. The highest BCUT2D eigenvalue weighted by molar-refractivity contribution is 5.86. The number of rotatable bonds is 2. The van der Waals surface area contributed by atoms with Crippen molar-refractivity contribution in [1.29, 1.82) is 0 Å². The molecule has 0 radical (unpaired) electrons. The van der Waals surface area contributed by atoms with Crippen molar-refractivity contribution in [2.24, 2.45) is 0 Å². The maximum absolute atomic E-state index is 11.0. The van der Waals surface area contributed by atoms with E-state index in [0.717, 1.165) is 11.5 Å². The Bertz CT molecular complexity index is 634. The molecule has 0 atom stereocenters. The molecule has 0 bridgehead atoms. The zero-order valence-corrected chi connectivity index (χ0v) is 9.40. The van der Waals surface area contributed by atoms with Crippen LogP contribution in [-0.2, 0) is 4.79 Å². The lowest BCUT2D eigenvalue weighted by Gasteiger charge is -1.97. The van der Waals surface area contributed by atoms with Gasteiger partial charge in [0, 0.05) is 23.7 Å². The molecule has 0 aliphatic carbocycles. The smallest absolute Gasteiger partial charge is 0.328 e. The number of nitrogens with one attached hydrogen (secondary N) is 1. The van der Waals surface area contributed by atoms with Gasteiger partial charge in [-0.15, -0.1) is 12.4 Å². The van der Waals surface area contributed by atoms with Gasteiger partial charge in [-0.25, -0.2) is 9.78 Å². The molecule has 0 amide bonds. The summed E-state index contributed by atoms with van der Waals surface area (Å²) in [6, 6.07) is 4.78. The van der Waals surface area contributed by atoms with Gasteiger partial charge < -0.3 is 10.1 Å². The van der Waals surface area contributed by atoms with E-state index in [0.29, 0.717) is 11.2 Å². The lowest BCUT2D eigenvalue weighted by molar-refractivity contribution is -0.131. The Labute approximate surface area is 102 Å². The first-order valence-corrected chi connectivity index (χ1v) is 4.55. The molecule has 5 nitrogen and oxygen atoms in total. The van der Waals surface area contributed by atoms with E-state index in [9.17, 15) is 9.59 Å². The highest BCUT2D eigenvalue weighted by atomic mass is 35.5. The second-order valence-electron chi connectivity index (χ2n) is 3.20. The topological polar surface area (TPSA) is 83.0 Å². The predicted molar refractivity (Wildman–Crippen MR) is 66.3 cm³/mol. The van der Waals surface area contributed by atoms with Gasteiger partial charge in [-0.1, -0.05) is 0 Å². The summed E-state index contributed by atoms with van der Waals surface area (Å²) < 4.78 is 0. The maximum atomic E-state index is 11.0. The van der Waals surface area contributed by atoms with Crippen LogP contribution < -0.4 is 5.56 Å². The van der Waals surface area contributed by atoms with Crippen molar-refractivity contribution in [3.05, 3.63) is 46.4 Å². The van der Waals surface area contributed by atoms with Gasteiger partial charge in [-0.05, 0) is 23.8 Å². The van der Waals surface area contributed by atoms with E-state index >= 15 is 0 Å². The van der Waals surface area contributed by atoms with Crippen LogP contribution in [0.5, 0.6) is 0 Å². The number of hydrogen-bond donors (Lipinski definition) is 2. The van der Waals surface area contributed by atoms with Crippen molar-refractivity contribution in [3.8, 4) is 0 Å². The van der Waals surface area contributed by atoms with Crippen LogP contribution in [-0.4, -0.2) is 21.0 Å². The number of carbonyl (C=O) groups is 1. The Morgan fingerprint density at radius 1 is 1.41 bits per heavy atom. The first-order chi connectivity index (χ1) is 7.65. The molecule has 6 heteroatoms. The minimum absolute atomic E-state index is 0. The van der Waals surface area contributed by atoms with Gasteiger partial charge in [0.2, 0.25) is 5.56 Å². The van der Waals surface area contributed by atoms with Gasteiger partial charge in [0.05, 0.1) is 0 Å². The van der Waals surface area contributed by atoms with Gasteiger partial charge in [-0.2, -0.15) is 0 Å². The monoisotopic (exact) mass is 252 g/mol. The third-order valence-electron chi connectivity index (χ3n) is 2.01. The lowest BCUT2D eigenvalue weighted by Crippen LogP contribution is -2.03. The minimum Gasteiger partial charge on any atom is -0.478 e. The molecular formula is C11H9ClN2O3. The molecule has 0 aromatic carbocycles. The molecule has 0 aliphatic rings. The van der Waals surface area contributed by atoms with Crippen LogP contribution >= 0.6 is 12.4 Å². The molecule has 2 rings (SSSR count). The molecule has 0 saturated carbocycles. The molecule has 2 aromatic heterocycles. The minimum atomic E-state index is -1.01. The van der Waals surface area contributed by atoms with E-state index < -0.39 is 5.97 Å². The molecule has 0 unspecified atom stereocenters. The molecule has 17 heavy (non-hydrogen) atoms. The van der Waals surface area contributed by atoms with Crippen molar-refractivity contribution in [2.75, 3.05) is 0 Å². The standard InChI is InChI=1S/C11H8N2O3.ClH/c14-9-3-2-8-5-7(1-4-10(15)16)6-12-11(8)13-9;/h1-6H,(H,15,16)(H,12,13,14);1H. The summed E-state index contributed by atoms with van der Waals surface area (Å²) in [5.41, 5.74) is 0.941. The van der Waals surface area contributed by atoms with Crippen LogP contribution in [0, 0.1) is 0 Å². The summed E-state index contributed by atoms with van der Waals surface area (Å²) in [4.78, 5) is 27.9. The van der Waals surface area contributed by atoms with Crippen LogP contribution in [0.1, 0.15) is 5.56 Å². The molecule has 88 valence electrons. The van der Waals surface area contributed by atoms with Crippen LogP contribution in [0.15, 0.2) is 35.3 Å². The van der Waals surface area contributed by atoms with Crippen LogP contribution in [0.25, 0.3) is 17.1 Å². The Morgan fingerprint density at radius 3 is 2.88 bits per heavy atom. The summed E-state index contributed by atoms with van der Waals surface area (Å²) >= 11 is 0. The number of pyridine rings is 2. The molecule has 2 aromatic rings. The first-order valence-electron chi connectivity index (χ1n) is 4.55. The molecular weight excluding hydrogens is 244 g/mol. The molecule has 0 aliphatic heterocycles. The summed E-state index contributed by atoms with van der Waals surface area (Å²) in [6.07, 6.45) is 3.98. The highest BCUT2D eigenvalue weighted by Gasteiger charge is 1.97. The van der Waals surface area contributed by atoms with Crippen LogP contribution in [0.3, 0.4) is 0 Å². The third kappa shape index (κ3) is 3.15. The van der Waals surface area contributed by atoms with Crippen molar-refractivity contribution in [3.63, 3.8) is 0 Å². The van der Waals surface area contributed by atoms with Gasteiger partial charge in [-0.3, -0.25) is 4.79 Å². The SMILES string of the molecule is Cl.O=C(O)C=Cc1cnc2[nH]c(=O)ccc2c1. The van der Waals surface area contributed by atoms with Crippen molar-refractivity contribution >= 4 is 35.5 Å². The van der Waals surface area contributed by atoms with E-state index in [-0.39, 0.29) is 18.0 Å². The van der Waals surface area contributed by atoms with Crippen molar-refractivity contribution in [1.82, 2.24) is 9.97 Å². The molecule has 2 N–H and O–H groups in total. The number of fused-ring (bicyclic) bond motifs is 1. The fourth-order valence-corrected chi connectivity index (χ4v) is 1.31. The first kappa shape index (κ1) is 12.9. The zero-order chi connectivity index (χ0) is 11.5. The Kier molecular flexibility index (Phi) is 4.01. The Hall–Kier alpha value is -2.14. The average molecular weight is 253 g/mol. The lowest BCUT2D eigenvalue weighted by atomic mass is 10.2. The van der Waals surface area contributed by atoms with E-state index in [4.69, 9.17) is 5.11 Å². The normalized spacial score (nSPS) is 10.4. The van der Waals surface area contributed by atoms with Gasteiger partial charge >= 0.3 is 5.97 Å². The van der Waals surface area contributed by atoms with Gasteiger partial charge in [0.1, 0.15) is 5.65 Å².